The van der Waals surface area contributed by atoms with E-state index in [0.717, 1.165) is 28.6 Å². The zero-order chi connectivity index (χ0) is 22.5. The highest BCUT2D eigenvalue weighted by molar-refractivity contribution is 5.90. The molecule has 0 aliphatic carbocycles. The molecule has 7 heteroatoms. The Morgan fingerprint density at radius 3 is 2.62 bits per heavy atom. The van der Waals surface area contributed by atoms with Crippen LogP contribution in [0.15, 0.2) is 78.0 Å². The van der Waals surface area contributed by atoms with Crippen molar-refractivity contribution in [2.24, 2.45) is 4.99 Å². The first-order valence-electron chi connectivity index (χ1n) is 9.89. The molecule has 0 aliphatic rings. The summed E-state index contributed by atoms with van der Waals surface area (Å²) in [5.41, 5.74) is 6.75. The van der Waals surface area contributed by atoms with E-state index < -0.39 is 0 Å². The third-order valence-corrected chi connectivity index (χ3v) is 4.75. The van der Waals surface area contributed by atoms with Gasteiger partial charge in [-0.25, -0.2) is 14.4 Å². The van der Waals surface area contributed by atoms with Crippen LogP contribution in [0.3, 0.4) is 0 Å². The largest absolute Gasteiger partial charge is 0.338 e. The van der Waals surface area contributed by atoms with E-state index in [2.05, 4.69) is 21.0 Å². The predicted molar refractivity (Wildman–Crippen MR) is 124 cm³/mol. The molecular weight excluding hydrogens is 403 g/mol. The lowest BCUT2D eigenvalue weighted by atomic mass is 10.1. The van der Waals surface area contributed by atoms with Crippen LogP contribution in [0.4, 0.5) is 4.39 Å². The van der Waals surface area contributed by atoms with Crippen molar-refractivity contribution in [1.82, 2.24) is 19.9 Å². The third kappa shape index (κ3) is 4.50. The molecule has 3 heterocycles. The van der Waals surface area contributed by atoms with Crippen LogP contribution < -0.4 is 0 Å². The molecule has 0 unspecified atom stereocenters. The van der Waals surface area contributed by atoms with Gasteiger partial charge in [0.1, 0.15) is 17.0 Å². The number of halogens is 1. The molecule has 0 saturated heterocycles. The molecular formula is C25H19FN6. The normalized spacial score (nSPS) is 12.4. The number of aliphatic imine (C=N–C) groups is 1. The van der Waals surface area contributed by atoms with Crippen LogP contribution in [0.25, 0.3) is 39.3 Å². The van der Waals surface area contributed by atoms with Crippen molar-refractivity contribution in [3.05, 3.63) is 84.2 Å². The average molecular weight is 422 g/mol. The molecule has 156 valence electrons. The van der Waals surface area contributed by atoms with Crippen LogP contribution in [0, 0.1) is 11.3 Å². The van der Waals surface area contributed by atoms with E-state index in [0.29, 0.717) is 28.1 Å². The first-order chi connectivity index (χ1) is 15.5. The van der Waals surface area contributed by atoms with Gasteiger partial charge in [0.05, 0.1) is 23.5 Å². The molecule has 1 N–H and O–H groups in total. The van der Waals surface area contributed by atoms with Crippen molar-refractivity contribution in [3.63, 3.8) is 0 Å². The van der Waals surface area contributed by atoms with Gasteiger partial charge in [-0.2, -0.15) is 5.26 Å². The topological polar surface area (TPSA) is 90.6 Å². The Morgan fingerprint density at radius 2 is 1.94 bits per heavy atom. The van der Waals surface area contributed by atoms with Gasteiger partial charge in [-0.15, -0.1) is 0 Å². The fourth-order valence-corrected chi connectivity index (χ4v) is 3.18. The van der Waals surface area contributed by atoms with E-state index in [9.17, 15) is 4.39 Å². The van der Waals surface area contributed by atoms with Crippen LogP contribution in [-0.2, 0) is 0 Å². The summed E-state index contributed by atoms with van der Waals surface area (Å²) in [6.07, 6.45) is 7.88. The number of allylic oxidation sites excluding steroid dienone is 3. The Labute approximate surface area is 184 Å². The van der Waals surface area contributed by atoms with Gasteiger partial charge in [0.15, 0.2) is 5.65 Å². The van der Waals surface area contributed by atoms with Gasteiger partial charge in [0.2, 0.25) is 0 Å². The number of benzene rings is 1. The second kappa shape index (κ2) is 9.14. The Bertz CT molecular complexity index is 1390. The number of pyridine rings is 1. The molecule has 0 fully saturated rings. The number of nitriles is 1. The smallest absolute Gasteiger partial charge is 0.157 e. The van der Waals surface area contributed by atoms with Crippen molar-refractivity contribution in [1.29, 1.82) is 5.26 Å². The predicted octanol–water partition coefficient (Wildman–Crippen LogP) is 5.86. The minimum absolute atomic E-state index is 0.368. The number of aromatic amines is 1. The Kier molecular flexibility index (Phi) is 5.95. The summed E-state index contributed by atoms with van der Waals surface area (Å²) in [6.45, 7) is 3.24. The zero-order valence-electron chi connectivity index (χ0n) is 17.5. The number of hydrogen-bond acceptors (Lipinski definition) is 5. The van der Waals surface area contributed by atoms with E-state index in [-0.39, 0.29) is 5.83 Å². The molecule has 0 radical (unpaired) electrons. The van der Waals surface area contributed by atoms with Crippen molar-refractivity contribution in [2.75, 3.05) is 0 Å². The summed E-state index contributed by atoms with van der Waals surface area (Å²) in [7, 11) is 0. The van der Waals surface area contributed by atoms with E-state index in [1.54, 1.807) is 30.6 Å². The van der Waals surface area contributed by atoms with Gasteiger partial charge < -0.3 is 4.98 Å². The molecule has 4 aromatic rings. The maximum atomic E-state index is 12.9. The second-order valence-corrected chi connectivity index (χ2v) is 7.13. The molecule has 0 amide bonds. The van der Waals surface area contributed by atoms with Gasteiger partial charge in [0.25, 0.3) is 0 Å². The molecule has 3 aromatic heterocycles. The second-order valence-electron chi connectivity index (χ2n) is 7.13. The average Bonchev–Trinajstić information content (AvgIpc) is 3.24. The third-order valence-electron chi connectivity index (χ3n) is 4.75. The summed E-state index contributed by atoms with van der Waals surface area (Å²) >= 11 is 0. The summed E-state index contributed by atoms with van der Waals surface area (Å²) in [5, 5.41) is 9.02. The highest BCUT2D eigenvalue weighted by Gasteiger charge is 2.15. The number of fused-ring (bicyclic) bond motifs is 1. The van der Waals surface area contributed by atoms with Gasteiger partial charge in [-0.05, 0) is 61.4 Å². The minimum Gasteiger partial charge on any atom is -0.338 e. The quantitative estimate of drug-likeness (QED) is 0.408. The maximum absolute atomic E-state index is 12.9. The number of rotatable bonds is 5. The number of hydrogen-bond donors (Lipinski definition) is 1. The van der Waals surface area contributed by atoms with Gasteiger partial charge in [-0.1, -0.05) is 12.1 Å². The molecule has 32 heavy (non-hydrogen) atoms. The molecule has 0 atom stereocenters. The molecule has 6 nitrogen and oxygen atoms in total. The molecule has 0 bridgehead atoms. The van der Waals surface area contributed by atoms with E-state index in [1.807, 2.05) is 37.3 Å². The van der Waals surface area contributed by atoms with E-state index in [4.69, 9.17) is 15.2 Å². The maximum Gasteiger partial charge on any atom is 0.157 e. The van der Waals surface area contributed by atoms with Crippen molar-refractivity contribution in [3.8, 4) is 28.6 Å². The number of aromatic nitrogens is 4. The SMILES string of the molecule is C\C(F)=C/N=C\C=C(/C)c1nc2cc(-c3ccc(C#N)cc3)[nH]c2nc1-c1cccnc1. The van der Waals surface area contributed by atoms with Crippen LogP contribution in [0.5, 0.6) is 0 Å². The fourth-order valence-electron chi connectivity index (χ4n) is 3.18. The standard InChI is InChI=1S/C25H19FN6/c1-16(9-11-29-14-17(2)26)23-24(20-4-3-10-28-15-20)32-25-22(30-23)12-21(31-25)19-7-5-18(13-27)6-8-19/h3-12,14-15H,1-2H3,(H,31,32)/b16-9+,17-14+,29-11-. The summed E-state index contributed by atoms with van der Waals surface area (Å²) < 4.78 is 12.9. The molecule has 0 spiro atoms. The highest BCUT2D eigenvalue weighted by Crippen LogP contribution is 2.29. The van der Waals surface area contributed by atoms with Crippen LogP contribution >= 0.6 is 0 Å². The summed E-state index contributed by atoms with van der Waals surface area (Å²) in [5.74, 6) is -0.368. The van der Waals surface area contributed by atoms with Crippen LogP contribution in [0.2, 0.25) is 0 Å². The van der Waals surface area contributed by atoms with Crippen LogP contribution in [-0.4, -0.2) is 26.2 Å². The van der Waals surface area contributed by atoms with E-state index >= 15 is 0 Å². The highest BCUT2D eigenvalue weighted by atomic mass is 19.1. The van der Waals surface area contributed by atoms with Gasteiger partial charge >= 0.3 is 0 Å². The number of nitrogens with one attached hydrogen (secondary N) is 1. The van der Waals surface area contributed by atoms with Crippen molar-refractivity contribution in [2.45, 2.75) is 13.8 Å². The Morgan fingerprint density at radius 1 is 1.12 bits per heavy atom. The zero-order valence-corrected chi connectivity index (χ0v) is 17.5. The lowest BCUT2D eigenvalue weighted by Crippen LogP contribution is -1.97. The van der Waals surface area contributed by atoms with Crippen molar-refractivity contribution < 1.29 is 4.39 Å². The first-order valence-corrected chi connectivity index (χ1v) is 9.89. The number of nitrogens with zero attached hydrogens (tertiary/aromatic N) is 5. The molecule has 0 saturated carbocycles. The van der Waals surface area contributed by atoms with Gasteiger partial charge in [-0.3, -0.25) is 9.98 Å². The Hall–Kier alpha value is -4.44. The molecule has 1 aromatic carbocycles. The number of H-pyrrole nitrogens is 1. The monoisotopic (exact) mass is 422 g/mol. The van der Waals surface area contributed by atoms with Crippen molar-refractivity contribution >= 4 is 23.0 Å². The Balaban J connectivity index is 1.83. The summed E-state index contributed by atoms with van der Waals surface area (Å²) in [6, 6.07) is 15.1. The molecule has 0 aliphatic heterocycles. The summed E-state index contributed by atoms with van der Waals surface area (Å²) in [4.78, 5) is 21.1. The lowest BCUT2D eigenvalue weighted by molar-refractivity contribution is 0.637. The molecule has 4 rings (SSSR count). The van der Waals surface area contributed by atoms with E-state index in [1.165, 1.54) is 13.1 Å². The first kappa shape index (κ1) is 20.8. The van der Waals surface area contributed by atoms with Gasteiger partial charge in [0, 0.05) is 29.9 Å². The minimum atomic E-state index is -0.368. The van der Waals surface area contributed by atoms with Crippen LogP contribution in [0.1, 0.15) is 25.1 Å². The lowest BCUT2D eigenvalue weighted by Gasteiger charge is -2.08. The fraction of sp³-hybridized carbons (Fsp3) is 0.0800.